The number of hydrogen-bond acceptors (Lipinski definition) is 0. The molecule has 0 saturated carbocycles. The Morgan fingerprint density at radius 3 is 2.50 bits per heavy atom. The minimum atomic E-state index is 0.207. The van der Waals surface area contributed by atoms with E-state index in [1.54, 1.807) is 0 Å². The Hall–Kier alpha value is -1.82. The predicted molar refractivity (Wildman–Crippen MR) is 101 cm³/mol. The number of benzene rings is 1. The van der Waals surface area contributed by atoms with Crippen LogP contribution in [0.4, 0.5) is 0 Å². The van der Waals surface area contributed by atoms with Gasteiger partial charge in [0, 0.05) is 5.41 Å². The molecule has 1 atom stereocenters. The number of hydrogen-bond donors (Lipinski definition) is 0. The molecule has 0 spiro atoms. The summed E-state index contributed by atoms with van der Waals surface area (Å²) in [6.07, 6.45) is 15.2. The van der Waals surface area contributed by atoms with Crippen molar-refractivity contribution in [2.75, 3.05) is 0 Å². The minimum absolute atomic E-state index is 0.207. The number of rotatable bonds is 5. The van der Waals surface area contributed by atoms with Crippen LogP contribution in [0, 0.1) is 5.41 Å². The van der Waals surface area contributed by atoms with E-state index in [2.05, 4.69) is 76.4 Å². The zero-order valence-electron chi connectivity index (χ0n) is 14.4. The van der Waals surface area contributed by atoms with Crippen LogP contribution in [0.5, 0.6) is 0 Å². The van der Waals surface area contributed by atoms with Gasteiger partial charge in [-0.05, 0) is 37.3 Å². The molecule has 0 aromatic heterocycles. The van der Waals surface area contributed by atoms with Crippen molar-refractivity contribution in [3.8, 4) is 0 Å². The van der Waals surface area contributed by atoms with Crippen molar-refractivity contribution in [1.82, 2.24) is 0 Å². The van der Waals surface area contributed by atoms with Gasteiger partial charge in [0.1, 0.15) is 0 Å². The molecule has 1 aromatic rings. The SMILES string of the molecule is C=CC1(C)C=CC=C(C)C1.C=Cc1ccccc1CCCC. The highest BCUT2D eigenvalue weighted by Crippen LogP contribution is 2.31. The molecule has 0 bridgehead atoms. The van der Waals surface area contributed by atoms with Crippen LogP contribution in [0.2, 0.25) is 0 Å². The van der Waals surface area contributed by atoms with Crippen LogP contribution in [0.1, 0.15) is 51.2 Å². The highest BCUT2D eigenvalue weighted by molar-refractivity contribution is 5.51. The summed E-state index contributed by atoms with van der Waals surface area (Å²) in [7, 11) is 0. The molecule has 22 heavy (non-hydrogen) atoms. The normalized spacial score (nSPS) is 19.7. The van der Waals surface area contributed by atoms with Crippen molar-refractivity contribution in [3.63, 3.8) is 0 Å². The van der Waals surface area contributed by atoms with Crippen LogP contribution in [-0.2, 0) is 6.42 Å². The van der Waals surface area contributed by atoms with E-state index >= 15 is 0 Å². The van der Waals surface area contributed by atoms with Gasteiger partial charge in [0.05, 0.1) is 0 Å². The summed E-state index contributed by atoms with van der Waals surface area (Å²) in [5.74, 6) is 0. The summed E-state index contributed by atoms with van der Waals surface area (Å²) in [6.45, 7) is 14.2. The van der Waals surface area contributed by atoms with Gasteiger partial charge in [-0.3, -0.25) is 0 Å². The first-order valence-corrected chi connectivity index (χ1v) is 8.23. The largest absolute Gasteiger partial charge is 0.102 e. The fourth-order valence-electron chi connectivity index (χ4n) is 2.62. The molecule has 0 heteroatoms. The van der Waals surface area contributed by atoms with Crippen LogP contribution in [0.3, 0.4) is 0 Å². The molecule has 1 aromatic carbocycles. The Balaban J connectivity index is 0.000000224. The monoisotopic (exact) mass is 294 g/mol. The van der Waals surface area contributed by atoms with Crippen LogP contribution in [-0.4, -0.2) is 0 Å². The molecule has 0 heterocycles. The fraction of sp³-hybridized carbons (Fsp3) is 0.364. The summed E-state index contributed by atoms with van der Waals surface area (Å²) in [4.78, 5) is 0. The molecular formula is C22H30. The van der Waals surface area contributed by atoms with Crippen molar-refractivity contribution in [2.45, 2.75) is 46.5 Å². The maximum absolute atomic E-state index is 3.81. The predicted octanol–water partition coefficient (Wildman–Crippen LogP) is 6.76. The Morgan fingerprint density at radius 2 is 1.95 bits per heavy atom. The van der Waals surface area contributed by atoms with E-state index in [1.807, 2.05) is 12.2 Å². The van der Waals surface area contributed by atoms with Gasteiger partial charge in [-0.15, -0.1) is 6.58 Å². The quantitative estimate of drug-likeness (QED) is 0.526. The Morgan fingerprint density at radius 1 is 1.23 bits per heavy atom. The highest BCUT2D eigenvalue weighted by atomic mass is 14.2. The van der Waals surface area contributed by atoms with Gasteiger partial charge >= 0.3 is 0 Å². The zero-order valence-corrected chi connectivity index (χ0v) is 14.4. The lowest BCUT2D eigenvalue weighted by Crippen LogP contribution is -2.11. The first-order chi connectivity index (χ1) is 10.5. The van der Waals surface area contributed by atoms with Gasteiger partial charge in [0.15, 0.2) is 0 Å². The standard InChI is InChI=1S/C12H16.C10H14/c1-3-5-8-12-10-7-6-9-11(12)4-2;1-4-10(3)7-5-6-9(2)8-10/h4,6-7,9-10H,2-3,5,8H2,1H3;4-7H,1,8H2,2-3H3. The second kappa shape index (κ2) is 9.25. The number of allylic oxidation sites excluding steroid dienone is 5. The summed E-state index contributed by atoms with van der Waals surface area (Å²) < 4.78 is 0. The van der Waals surface area contributed by atoms with Crippen LogP contribution in [0.25, 0.3) is 6.08 Å². The lowest BCUT2D eigenvalue weighted by molar-refractivity contribution is 0.540. The molecule has 118 valence electrons. The molecule has 0 N–H and O–H groups in total. The molecule has 1 aliphatic rings. The van der Waals surface area contributed by atoms with Gasteiger partial charge < -0.3 is 0 Å². The van der Waals surface area contributed by atoms with E-state index in [4.69, 9.17) is 0 Å². The topological polar surface area (TPSA) is 0 Å². The van der Waals surface area contributed by atoms with Crippen molar-refractivity contribution >= 4 is 6.08 Å². The summed E-state index contributed by atoms with van der Waals surface area (Å²) >= 11 is 0. The second-order valence-corrected chi connectivity index (χ2v) is 6.27. The molecule has 1 unspecified atom stereocenters. The van der Waals surface area contributed by atoms with Gasteiger partial charge in [0.25, 0.3) is 0 Å². The van der Waals surface area contributed by atoms with Gasteiger partial charge in [-0.1, -0.05) is 87.1 Å². The van der Waals surface area contributed by atoms with Gasteiger partial charge in [0.2, 0.25) is 0 Å². The van der Waals surface area contributed by atoms with E-state index in [1.165, 1.54) is 36.0 Å². The average molecular weight is 294 g/mol. The first-order valence-electron chi connectivity index (χ1n) is 8.23. The molecule has 0 saturated heterocycles. The summed E-state index contributed by atoms with van der Waals surface area (Å²) in [5.41, 5.74) is 4.35. The first kappa shape index (κ1) is 18.2. The Labute approximate surface area is 137 Å². The third-order valence-corrected chi connectivity index (χ3v) is 4.06. The number of unbranched alkanes of at least 4 members (excludes halogenated alkanes) is 1. The summed E-state index contributed by atoms with van der Waals surface area (Å²) in [6, 6.07) is 8.47. The van der Waals surface area contributed by atoms with Gasteiger partial charge in [-0.2, -0.15) is 0 Å². The van der Waals surface area contributed by atoms with Crippen molar-refractivity contribution < 1.29 is 0 Å². The lowest BCUT2D eigenvalue weighted by atomic mass is 9.81. The molecule has 1 aliphatic carbocycles. The van der Waals surface area contributed by atoms with Crippen molar-refractivity contribution in [3.05, 3.63) is 78.4 Å². The zero-order chi connectivity index (χ0) is 16.4. The van der Waals surface area contributed by atoms with Gasteiger partial charge in [-0.25, -0.2) is 0 Å². The van der Waals surface area contributed by atoms with E-state index in [-0.39, 0.29) is 5.41 Å². The van der Waals surface area contributed by atoms with Crippen molar-refractivity contribution in [1.29, 1.82) is 0 Å². The van der Waals surface area contributed by atoms with Crippen molar-refractivity contribution in [2.24, 2.45) is 5.41 Å². The molecule has 2 rings (SSSR count). The van der Waals surface area contributed by atoms with Crippen LogP contribution < -0.4 is 0 Å². The maximum Gasteiger partial charge on any atom is 0.00702 e. The molecular weight excluding hydrogens is 264 g/mol. The molecule has 0 radical (unpaired) electrons. The summed E-state index contributed by atoms with van der Waals surface area (Å²) in [5, 5.41) is 0. The van der Waals surface area contributed by atoms with E-state index in [0.29, 0.717) is 0 Å². The van der Waals surface area contributed by atoms with Crippen LogP contribution in [0.15, 0.2) is 67.3 Å². The third kappa shape index (κ3) is 5.89. The lowest BCUT2D eigenvalue weighted by Gasteiger charge is -2.24. The minimum Gasteiger partial charge on any atom is -0.102 e. The Kier molecular flexibility index (Phi) is 7.66. The molecule has 0 amide bonds. The smallest absolute Gasteiger partial charge is 0.00702 e. The third-order valence-electron chi connectivity index (χ3n) is 4.06. The molecule has 0 fully saturated rings. The highest BCUT2D eigenvalue weighted by Gasteiger charge is 2.18. The van der Waals surface area contributed by atoms with E-state index in [0.717, 1.165) is 6.42 Å². The Bertz CT molecular complexity index is 545. The molecule has 0 aliphatic heterocycles. The average Bonchev–Trinajstić information content (AvgIpc) is 2.53. The fourth-order valence-corrected chi connectivity index (χ4v) is 2.62. The van der Waals surface area contributed by atoms with E-state index in [9.17, 15) is 0 Å². The molecule has 0 nitrogen and oxygen atoms in total. The second-order valence-electron chi connectivity index (χ2n) is 6.27. The van der Waals surface area contributed by atoms with E-state index < -0.39 is 0 Å². The number of aryl methyl sites for hydroxylation is 1. The van der Waals surface area contributed by atoms with Crippen LogP contribution >= 0.6 is 0 Å². The maximum atomic E-state index is 3.81.